The maximum atomic E-state index is 12.8. The molecule has 1 atom stereocenters. The molecule has 1 unspecified atom stereocenters. The van der Waals surface area contributed by atoms with E-state index < -0.39 is 0 Å². The highest BCUT2D eigenvalue weighted by Crippen LogP contribution is 2.22. The molecule has 0 aliphatic carbocycles. The molecule has 3 heterocycles. The van der Waals surface area contributed by atoms with Crippen LogP contribution in [0.5, 0.6) is 0 Å². The molecule has 25 heavy (non-hydrogen) atoms. The fraction of sp³-hybridized carbons (Fsp3) is 0.900. The molecule has 0 N–H and O–H groups in total. The second-order valence-electron chi connectivity index (χ2n) is 8.38. The van der Waals surface area contributed by atoms with Gasteiger partial charge < -0.3 is 9.80 Å². The third kappa shape index (κ3) is 5.19. The lowest BCUT2D eigenvalue weighted by Gasteiger charge is -2.36. The van der Waals surface area contributed by atoms with E-state index in [0.717, 1.165) is 71.4 Å². The summed E-state index contributed by atoms with van der Waals surface area (Å²) in [6.45, 7) is 8.29. The lowest BCUT2D eigenvalue weighted by molar-refractivity contribution is -0.137. The molecule has 0 aromatic rings. The van der Waals surface area contributed by atoms with E-state index in [1.807, 2.05) is 4.90 Å². The number of carbonyl (C=O) groups excluding carboxylic acids is 2. The molecule has 3 fully saturated rings. The first-order valence-corrected chi connectivity index (χ1v) is 10.4. The molecule has 2 amide bonds. The lowest BCUT2D eigenvalue weighted by Crippen LogP contribution is -2.48. The fourth-order valence-corrected chi connectivity index (χ4v) is 4.59. The van der Waals surface area contributed by atoms with Crippen molar-refractivity contribution in [2.45, 2.75) is 58.3 Å². The Morgan fingerprint density at radius 2 is 1.44 bits per heavy atom. The van der Waals surface area contributed by atoms with Crippen molar-refractivity contribution in [2.75, 3.05) is 45.8 Å². The standard InChI is InChI=1S/C20H35N3O2/c1-17-7-6-12-23(15-17)19(24)16-21-13-8-18(9-14-21)20(25)22-10-4-2-3-5-11-22/h17-18H,2-16H2,1H3. The highest BCUT2D eigenvalue weighted by atomic mass is 16.2. The van der Waals surface area contributed by atoms with E-state index in [4.69, 9.17) is 0 Å². The van der Waals surface area contributed by atoms with Crippen molar-refractivity contribution in [3.05, 3.63) is 0 Å². The van der Waals surface area contributed by atoms with Crippen molar-refractivity contribution in [3.8, 4) is 0 Å². The van der Waals surface area contributed by atoms with Gasteiger partial charge in [0.15, 0.2) is 0 Å². The molecule has 3 aliphatic heterocycles. The van der Waals surface area contributed by atoms with Crippen molar-refractivity contribution in [1.82, 2.24) is 14.7 Å². The zero-order valence-corrected chi connectivity index (χ0v) is 15.9. The summed E-state index contributed by atoms with van der Waals surface area (Å²) in [4.78, 5) is 31.7. The summed E-state index contributed by atoms with van der Waals surface area (Å²) in [6.07, 6.45) is 9.06. The van der Waals surface area contributed by atoms with Crippen LogP contribution in [0.15, 0.2) is 0 Å². The average molecular weight is 350 g/mol. The van der Waals surface area contributed by atoms with Crippen LogP contribution in [-0.4, -0.2) is 72.3 Å². The zero-order valence-electron chi connectivity index (χ0n) is 15.9. The maximum absolute atomic E-state index is 12.8. The van der Waals surface area contributed by atoms with Gasteiger partial charge in [-0.1, -0.05) is 19.8 Å². The molecular weight excluding hydrogens is 314 g/mol. The Bertz CT molecular complexity index is 452. The minimum Gasteiger partial charge on any atom is -0.342 e. The normalized spacial score (nSPS) is 27.2. The molecule has 3 saturated heterocycles. The van der Waals surface area contributed by atoms with E-state index >= 15 is 0 Å². The van der Waals surface area contributed by atoms with Crippen LogP contribution in [0.25, 0.3) is 0 Å². The predicted octanol–water partition coefficient (Wildman–Crippen LogP) is 2.36. The van der Waals surface area contributed by atoms with Crippen LogP contribution in [-0.2, 0) is 9.59 Å². The predicted molar refractivity (Wildman–Crippen MR) is 99.2 cm³/mol. The van der Waals surface area contributed by atoms with Crippen LogP contribution in [0.4, 0.5) is 0 Å². The summed E-state index contributed by atoms with van der Waals surface area (Å²) >= 11 is 0. The molecule has 3 aliphatic rings. The number of carbonyl (C=O) groups is 2. The summed E-state index contributed by atoms with van der Waals surface area (Å²) in [6, 6.07) is 0. The second-order valence-corrected chi connectivity index (χ2v) is 8.38. The summed E-state index contributed by atoms with van der Waals surface area (Å²) in [5.41, 5.74) is 0. The van der Waals surface area contributed by atoms with Crippen LogP contribution in [0, 0.1) is 11.8 Å². The monoisotopic (exact) mass is 349 g/mol. The van der Waals surface area contributed by atoms with Gasteiger partial charge in [0.05, 0.1) is 6.54 Å². The minimum absolute atomic E-state index is 0.180. The van der Waals surface area contributed by atoms with E-state index in [2.05, 4.69) is 16.7 Å². The Labute approximate surface area is 152 Å². The molecule has 0 saturated carbocycles. The second kappa shape index (κ2) is 9.02. The molecule has 5 heteroatoms. The summed E-state index contributed by atoms with van der Waals surface area (Å²) in [7, 11) is 0. The number of hydrogen-bond acceptors (Lipinski definition) is 3. The van der Waals surface area contributed by atoms with Crippen molar-refractivity contribution < 1.29 is 9.59 Å². The van der Waals surface area contributed by atoms with Crippen LogP contribution in [0.3, 0.4) is 0 Å². The van der Waals surface area contributed by atoms with Crippen LogP contribution in [0.2, 0.25) is 0 Å². The van der Waals surface area contributed by atoms with Crippen molar-refractivity contribution in [1.29, 1.82) is 0 Å². The molecule has 0 bridgehead atoms. The van der Waals surface area contributed by atoms with Gasteiger partial charge >= 0.3 is 0 Å². The number of likely N-dealkylation sites (tertiary alicyclic amines) is 3. The highest BCUT2D eigenvalue weighted by molar-refractivity contribution is 5.79. The molecular formula is C20H35N3O2. The number of piperidine rings is 2. The Kier molecular flexibility index (Phi) is 6.74. The maximum Gasteiger partial charge on any atom is 0.236 e. The molecule has 142 valence electrons. The van der Waals surface area contributed by atoms with E-state index in [9.17, 15) is 9.59 Å². The first-order chi connectivity index (χ1) is 12.1. The van der Waals surface area contributed by atoms with E-state index in [-0.39, 0.29) is 11.8 Å². The quantitative estimate of drug-likeness (QED) is 0.786. The summed E-state index contributed by atoms with van der Waals surface area (Å²) < 4.78 is 0. The topological polar surface area (TPSA) is 43.9 Å². The minimum atomic E-state index is 0.180. The number of rotatable bonds is 3. The lowest BCUT2D eigenvalue weighted by atomic mass is 9.95. The number of hydrogen-bond donors (Lipinski definition) is 0. The van der Waals surface area contributed by atoms with Gasteiger partial charge in [-0.15, -0.1) is 0 Å². The van der Waals surface area contributed by atoms with Crippen LogP contribution < -0.4 is 0 Å². The van der Waals surface area contributed by atoms with Crippen molar-refractivity contribution in [3.63, 3.8) is 0 Å². The molecule has 0 aromatic carbocycles. The molecule has 3 rings (SSSR count). The third-order valence-corrected chi connectivity index (χ3v) is 6.22. The van der Waals surface area contributed by atoms with Crippen LogP contribution >= 0.6 is 0 Å². The molecule has 5 nitrogen and oxygen atoms in total. The highest BCUT2D eigenvalue weighted by Gasteiger charge is 2.30. The zero-order chi connectivity index (χ0) is 17.6. The van der Waals surface area contributed by atoms with Gasteiger partial charge in [0.25, 0.3) is 0 Å². The third-order valence-electron chi connectivity index (χ3n) is 6.22. The first-order valence-electron chi connectivity index (χ1n) is 10.4. The van der Waals surface area contributed by atoms with Gasteiger partial charge in [0.2, 0.25) is 11.8 Å². The van der Waals surface area contributed by atoms with Gasteiger partial charge in [-0.2, -0.15) is 0 Å². The average Bonchev–Trinajstić information content (AvgIpc) is 2.91. The van der Waals surface area contributed by atoms with Gasteiger partial charge in [0, 0.05) is 32.1 Å². The van der Waals surface area contributed by atoms with Crippen molar-refractivity contribution >= 4 is 11.8 Å². The van der Waals surface area contributed by atoms with Crippen molar-refractivity contribution in [2.24, 2.45) is 11.8 Å². The van der Waals surface area contributed by atoms with Gasteiger partial charge in [-0.25, -0.2) is 0 Å². The Morgan fingerprint density at radius 3 is 2.08 bits per heavy atom. The summed E-state index contributed by atoms with van der Waals surface area (Å²) in [5.74, 6) is 1.47. The molecule has 0 spiro atoms. The van der Waals surface area contributed by atoms with E-state index in [1.54, 1.807) is 0 Å². The Morgan fingerprint density at radius 1 is 0.800 bits per heavy atom. The molecule has 0 aromatic heterocycles. The smallest absolute Gasteiger partial charge is 0.236 e. The number of nitrogens with zero attached hydrogens (tertiary/aromatic N) is 3. The van der Waals surface area contributed by atoms with Gasteiger partial charge in [-0.05, 0) is 57.5 Å². The first kappa shape index (κ1) is 18.7. The Hall–Kier alpha value is -1.10. The molecule has 0 radical (unpaired) electrons. The fourth-order valence-electron chi connectivity index (χ4n) is 4.59. The van der Waals surface area contributed by atoms with Gasteiger partial charge in [-0.3, -0.25) is 14.5 Å². The summed E-state index contributed by atoms with van der Waals surface area (Å²) in [5, 5.41) is 0. The number of amides is 2. The largest absolute Gasteiger partial charge is 0.342 e. The Balaban J connectivity index is 1.42. The van der Waals surface area contributed by atoms with E-state index in [1.165, 1.54) is 19.3 Å². The SMILES string of the molecule is CC1CCCN(C(=O)CN2CCC(C(=O)N3CCCCCC3)CC2)C1. The van der Waals surface area contributed by atoms with Gasteiger partial charge in [0.1, 0.15) is 0 Å². The van der Waals surface area contributed by atoms with Crippen LogP contribution in [0.1, 0.15) is 58.3 Å². The van der Waals surface area contributed by atoms with E-state index in [0.29, 0.717) is 18.4 Å².